The number of aliphatic imine (C=N–C) groups is 1. The van der Waals surface area contributed by atoms with Crippen LogP contribution < -0.4 is 11.1 Å². The summed E-state index contributed by atoms with van der Waals surface area (Å²) in [5, 5.41) is 3.10. The molecule has 1 aliphatic rings. The number of nitrogens with zero attached hydrogens (tertiary/aromatic N) is 1. The summed E-state index contributed by atoms with van der Waals surface area (Å²) in [6.45, 7) is 7.24. The zero-order valence-corrected chi connectivity index (χ0v) is 10.2. The molecule has 14 heavy (non-hydrogen) atoms. The molecule has 0 aromatic rings. The highest BCUT2D eigenvalue weighted by Gasteiger charge is 2.28. The molecule has 0 saturated carbocycles. The fraction of sp³-hybridized carbons (Fsp3) is 0.900. The molecule has 1 heterocycles. The van der Waals surface area contributed by atoms with Crippen molar-refractivity contribution in [3.05, 3.63) is 0 Å². The van der Waals surface area contributed by atoms with Gasteiger partial charge in [-0.15, -0.1) is 0 Å². The molecule has 0 spiro atoms. The largest absolute Gasteiger partial charge is 0.370 e. The summed E-state index contributed by atoms with van der Waals surface area (Å²) in [5.74, 6) is 1.84. The zero-order chi connectivity index (χ0) is 10.6. The van der Waals surface area contributed by atoms with Crippen LogP contribution in [0.4, 0.5) is 0 Å². The van der Waals surface area contributed by atoms with Crippen molar-refractivity contribution in [3.8, 4) is 0 Å². The minimum Gasteiger partial charge on any atom is -0.370 e. The highest BCUT2D eigenvalue weighted by atomic mass is 32.2. The molecule has 0 aliphatic carbocycles. The van der Waals surface area contributed by atoms with Gasteiger partial charge in [0.05, 0.1) is 6.54 Å². The fourth-order valence-electron chi connectivity index (χ4n) is 1.56. The van der Waals surface area contributed by atoms with Gasteiger partial charge in [-0.25, -0.2) is 0 Å². The van der Waals surface area contributed by atoms with Crippen molar-refractivity contribution in [3.63, 3.8) is 0 Å². The second kappa shape index (κ2) is 4.91. The molecule has 0 aromatic heterocycles. The smallest absolute Gasteiger partial charge is 0.188 e. The molecular formula is C10H21N3S. The maximum Gasteiger partial charge on any atom is 0.188 e. The van der Waals surface area contributed by atoms with E-state index < -0.39 is 0 Å². The molecule has 1 unspecified atom stereocenters. The first-order valence-corrected chi connectivity index (χ1v) is 6.21. The van der Waals surface area contributed by atoms with Gasteiger partial charge in [0.1, 0.15) is 0 Å². The second-order valence-electron chi connectivity index (χ2n) is 4.40. The van der Waals surface area contributed by atoms with Crippen LogP contribution in [0.2, 0.25) is 0 Å². The van der Waals surface area contributed by atoms with Crippen LogP contribution >= 0.6 is 11.8 Å². The summed E-state index contributed by atoms with van der Waals surface area (Å²) >= 11 is 2.02. The molecule has 1 fully saturated rings. The van der Waals surface area contributed by atoms with E-state index in [1.165, 1.54) is 18.6 Å². The maximum atomic E-state index is 5.74. The van der Waals surface area contributed by atoms with E-state index in [1.54, 1.807) is 0 Å². The molecule has 0 amide bonds. The van der Waals surface area contributed by atoms with E-state index in [0.717, 1.165) is 6.54 Å². The van der Waals surface area contributed by atoms with Crippen LogP contribution in [0.5, 0.6) is 0 Å². The van der Waals surface area contributed by atoms with E-state index in [0.29, 0.717) is 16.7 Å². The maximum absolute atomic E-state index is 5.74. The van der Waals surface area contributed by atoms with E-state index in [2.05, 4.69) is 31.1 Å². The first-order valence-electron chi connectivity index (χ1n) is 5.22. The van der Waals surface area contributed by atoms with Gasteiger partial charge in [0.25, 0.3) is 0 Å². The van der Waals surface area contributed by atoms with Gasteiger partial charge < -0.3 is 11.1 Å². The van der Waals surface area contributed by atoms with Gasteiger partial charge in [0.2, 0.25) is 0 Å². The van der Waals surface area contributed by atoms with Gasteiger partial charge in [0, 0.05) is 10.8 Å². The summed E-state index contributed by atoms with van der Waals surface area (Å²) in [4.78, 5) is 4.38. The third-order valence-corrected chi connectivity index (χ3v) is 3.84. The van der Waals surface area contributed by atoms with Crippen molar-refractivity contribution in [1.29, 1.82) is 0 Å². The van der Waals surface area contributed by atoms with Crippen molar-refractivity contribution < 1.29 is 0 Å². The number of rotatable bonds is 3. The van der Waals surface area contributed by atoms with Crippen LogP contribution in [0.3, 0.4) is 0 Å². The Morgan fingerprint density at radius 1 is 1.64 bits per heavy atom. The van der Waals surface area contributed by atoms with E-state index in [9.17, 15) is 0 Å². The Kier molecular flexibility index (Phi) is 4.11. The first-order chi connectivity index (χ1) is 6.52. The summed E-state index contributed by atoms with van der Waals surface area (Å²) in [6, 6.07) is 0.364. The standard InChI is InChI=1S/C10H21N3S/c1-8(2)13-9(11)12-7-10(3)5-4-6-14-10/h8H,4-7H2,1-3H3,(H3,11,12,13). The molecule has 1 atom stereocenters. The van der Waals surface area contributed by atoms with Crippen LogP contribution in [0, 0.1) is 0 Å². The van der Waals surface area contributed by atoms with Gasteiger partial charge in [-0.3, -0.25) is 4.99 Å². The third kappa shape index (κ3) is 3.78. The van der Waals surface area contributed by atoms with Crippen LogP contribution in [0.1, 0.15) is 33.6 Å². The zero-order valence-electron chi connectivity index (χ0n) is 9.34. The third-order valence-electron chi connectivity index (χ3n) is 2.32. The normalized spacial score (nSPS) is 28.4. The molecule has 0 aromatic carbocycles. The van der Waals surface area contributed by atoms with Crippen molar-refractivity contribution in [1.82, 2.24) is 5.32 Å². The molecule has 1 rings (SSSR count). The molecule has 0 radical (unpaired) electrons. The Labute approximate surface area is 90.9 Å². The number of thioether (sulfide) groups is 1. The number of hydrogen-bond donors (Lipinski definition) is 2. The van der Waals surface area contributed by atoms with Gasteiger partial charge in [-0.05, 0) is 39.4 Å². The van der Waals surface area contributed by atoms with E-state index >= 15 is 0 Å². The molecular weight excluding hydrogens is 194 g/mol. The lowest BCUT2D eigenvalue weighted by molar-refractivity contribution is 0.614. The minimum atomic E-state index is 0.323. The molecule has 4 heteroatoms. The minimum absolute atomic E-state index is 0.323. The van der Waals surface area contributed by atoms with E-state index in [1.807, 2.05) is 11.8 Å². The Morgan fingerprint density at radius 3 is 2.86 bits per heavy atom. The average molecular weight is 215 g/mol. The van der Waals surface area contributed by atoms with Crippen LogP contribution in [-0.2, 0) is 0 Å². The Hall–Kier alpha value is -0.380. The number of nitrogens with two attached hydrogens (primary N) is 1. The number of guanidine groups is 1. The van der Waals surface area contributed by atoms with Gasteiger partial charge in [-0.2, -0.15) is 11.8 Å². The monoisotopic (exact) mass is 215 g/mol. The Balaban J connectivity index is 2.37. The summed E-state index contributed by atoms with van der Waals surface area (Å²) in [6.07, 6.45) is 2.57. The topological polar surface area (TPSA) is 50.4 Å². The van der Waals surface area contributed by atoms with E-state index in [4.69, 9.17) is 5.73 Å². The Morgan fingerprint density at radius 2 is 2.36 bits per heavy atom. The highest BCUT2D eigenvalue weighted by Crippen LogP contribution is 2.37. The molecule has 0 bridgehead atoms. The molecule has 3 N–H and O–H groups in total. The van der Waals surface area contributed by atoms with Crippen molar-refractivity contribution in [2.24, 2.45) is 10.7 Å². The van der Waals surface area contributed by atoms with Gasteiger partial charge in [-0.1, -0.05) is 0 Å². The molecule has 82 valence electrons. The van der Waals surface area contributed by atoms with Crippen molar-refractivity contribution in [2.75, 3.05) is 12.3 Å². The van der Waals surface area contributed by atoms with Crippen LogP contribution in [0.15, 0.2) is 4.99 Å². The van der Waals surface area contributed by atoms with Crippen molar-refractivity contribution in [2.45, 2.75) is 44.4 Å². The van der Waals surface area contributed by atoms with Crippen LogP contribution in [0.25, 0.3) is 0 Å². The fourth-order valence-corrected chi connectivity index (χ4v) is 2.78. The average Bonchev–Trinajstić information content (AvgIpc) is 2.49. The predicted octanol–water partition coefficient (Wildman–Crippen LogP) is 1.58. The first kappa shape index (κ1) is 11.7. The lowest BCUT2D eigenvalue weighted by Gasteiger charge is -2.20. The number of hydrogen-bond acceptors (Lipinski definition) is 2. The SMILES string of the molecule is CC(C)NC(N)=NCC1(C)CCCS1. The number of nitrogens with one attached hydrogen (secondary N) is 1. The van der Waals surface area contributed by atoms with E-state index in [-0.39, 0.29) is 0 Å². The summed E-state index contributed by atoms with van der Waals surface area (Å²) < 4.78 is 0.323. The van der Waals surface area contributed by atoms with Gasteiger partial charge >= 0.3 is 0 Å². The molecule has 1 aliphatic heterocycles. The predicted molar refractivity (Wildman–Crippen MR) is 64.9 cm³/mol. The summed E-state index contributed by atoms with van der Waals surface area (Å²) in [5.41, 5.74) is 5.74. The lowest BCUT2D eigenvalue weighted by atomic mass is 10.1. The Bertz CT molecular complexity index is 207. The molecule has 1 saturated heterocycles. The second-order valence-corrected chi connectivity index (χ2v) is 6.08. The quantitative estimate of drug-likeness (QED) is 0.555. The van der Waals surface area contributed by atoms with Gasteiger partial charge in [0.15, 0.2) is 5.96 Å². The molecule has 3 nitrogen and oxygen atoms in total. The lowest BCUT2D eigenvalue weighted by Crippen LogP contribution is -2.38. The highest BCUT2D eigenvalue weighted by molar-refractivity contribution is 8.00. The van der Waals surface area contributed by atoms with Crippen LogP contribution in [-0.4, -0.2) is 29.0 Å². The van der Waals surface area contributed by atoms with Crippen molar-refractivity contribution >= 4 is 17.7 Å². The summed E-state index contributed by atoms with van der Waals surface area (Å²) in [7, 11) is 0.